The molecule has 0 saturated heterocycles. The predicted molar refractivity (Wildman–Crippen MR) is 64.8 cm³/mol. The first-order valence-electron chi connectivity index (χ1n) is 5.51. The molecule has 0 amide bonds. The van der Waals surface area contributed by atoms with Crippen molar-refractivity contribution in [2.75, 3.05) is 6.61 Å². The van der Waals surface area contributed by atoms with Gasteiger partial charge in [0.25, 0.3) is 0 Å². The van der Waals surface area contributed by atoms with Crippen LogP contribution in [0.1, 0.15) is 24.2 Å². The van der Waals surface area contributed by atoms with E-state index >= 15 is 0 Å². The fourth-order valence-corrected chi connectivity index (χ4v) is 1.32. The Balaban J connectivity index is 3.05. The van der Waals surface area contributed by atoms with Crippen molar-refractivity contribution in [3.8, 4) is 11.8 Å². The molecule has 0 aromatic heterocycles. The third kappa shape index (κ3) is 3.67. The second kappa shape index (κ2) is 6.35. The van der Waals surface area contributed by atoms with Crippen molar-refractivity contribution in [2.45, 2.75) is 20.0 Å². The van der Waals surface area contributed by atoms with E-state index in [9.17, 15) is 14.9 Å². The Morgan fingerprint density at radius 1 is 1.58 bits per heavy atom. The molecule has 100 valence electrons. The number of nitriles is 1. The summed E-state index contributed by atoms with van der Waals surface area (Å²) < 4.78 is 9.85. The van der Waals surface area contributed by atoms with Crippen molar-refractivity contribution in [2.24, 2.45) is 0 Å². The van der Waals surface area contributed by atoms with Crippen molar-refractivity contribution in [3.63, 3.8) is 0 Å². The van der Waals surface area contributed by atoms with Crippen LogP contribution in [0.25, 0.3) is 0 Å². The van der Waals surface area contributed by atoms with E-state index in [0.29, 0.717) is 0 Å². The first kappa shape index (κ1) is 14.4. The molecule has 19 heavy (non-hydrogen) atoms. The SMILES string of the molecule is CCOc1ccc(C(=O)O[C@H](C)C#N)cc1[N+](=O)[O-]. The molecule has 1 atom stereocenters. The molecule has 0 unspecified atom stereocenters. The monoisotopic (exact) mass is 264 g/mol. The van der Waals surface area contributed by atoms with Crippen LogP contribution in [0, 0.1) is 21.4 Å². The summed E-state index contributed by atoms with van der Waals surface area (Å²) in [5.41, 5.74) is -0.321. The summed E-state index contributed by atoms with van der Waals surface area (Å²) in [4.78, 5) is 21.8. The fourth-order valence-electron chi connectivity index (χ4n) is 1.32. The van der Waals surface area contributed by atoms with E-state index in [1.807, 2.05) is 0 Å². The maximum atomic E-state index is 11.6. The van der Waals surface area contributed by atoms with Crippen LogP contribution in [0.5, 0.6) is 5.75 Å². The fraction of sp³-hybridized carbons (Fsp3) is 0.333. The molecule has 0 spiro atoms. The van der Waals surface area contributed by atoms with Gasteiger partial charge in [-0.05, 0) is 26.0 Å². The number of hydrogen-bond donors (Lipinski definition) is 0. The third-order valence-corrected chi connectivity index (χ3v) is 2.16. The number of rotatable bonds is 5. The molecule has 0 fully saturated rings. The van der Waals surface area contributed by atoms with E-state index in [2.05, 4.69) is 0 Å². The lowest BCUT2D eigenvalue weighted by Crippen LogP contribution is -2.13. The van der Waals surface area contributed by atoms with E-state index in [1.54, 1.807) is 13.0 Å². The quantitative estimate of drug-likeness (QED) is 0.458. The maximum Gasteiger partial charge on any atom is 0.339 e. The van der Waals surface area contributed by atoms with E-state index in [4.69, 9.17) is 14.7 Å². The first-order chi connectivity index (χ1) is 8.99. The minimum atomic E-state index is -0.918. The number of nitro groups is 1. The second-order valence-corrected chi connectivity index (χ2v) is 3.55. The highest BCUT2D eigenvalue weighted by Gasteiger charge is 2.20. The minimum absolute atomic E-state index is 0.00254. The van der Waals surface area contributed by atoms with Crippen LogP contribution in [-0.2, 0) is 4.74 Å². The summed E-state index contributed by atoms with van der Waals surface area (Å²) in [7, 11) is 0. The lowest BCUT2D eigenvalue weighted by atomic mass is 10.2. The molecule has 7 nitrogen and oxygen atoms in total. The Hall–Kier alpha value is -2.62. The zero-order valence-electron chi connectivity index (χ0n) is 10.5. The number of ether oxygens (including phenoxy) is 2. The van der Waals surface area contributed by atoms with Crippen molar-refractivity contribution < 1.29 is 19.2 Å². The van der Waals surface area contributed by atoms with Crippen LogP contribution < -0.4 is 4.74 Å². The van der Waals surface area contributed by atoms with Crippen LogP contribution in [-0.4, -0.2) is 23.6 Å². The molecule has 0 radical (unpaired) electrons. The Bertz CT molecular complexity index is 535. The van der Waals surface area contributed by atoms with Gasteiger partial charge in [-0.3, -0.25) is 10.1 Å². The molecule has 0 bridgehead atoms. The largest absolute Gasteiger partial charge is 0.487 e. The van der Waals surface area contributed by atoms with Gasteiger partial charge in [-0.15, -0.1) is 0 Å². The van der Waals surface area contributed by atoms with Crippen LogP contribution >= 0.6 is 0 Å². The molecule has 0 aliphatic rings. The van der Waals surface area contributed by atoms with Gasteiger partial charge in [-0.1, -0.05) is 0 Å². The molecular weight excluding hydrogens is 252 g/mol. The van der Waals surface area contributed by atoms with Crippen LogP contribution in [0.2, 0.25) is 0 Å². The molecule has 0 aliphatic carbocycles. The highest BCUT2D eigenvalue weighted by atomic mass is 16.6. The second-order valence-electron chi connectivity index (χ2n) is 3.55. The van der Waals surface area contributed by atoms with Gasteiger partial charge in [0.1, 0.15) is 6.07 Å². The van der Waals surface area contributed by atoms with Gasteiger partial charge in [0.05, 0.1) is 17.1 Å². The van der Waals surface area contributed by atoms with E-state index in [1.165, 1.54) is 19.1 Å². The van der Waals surface area contributed by atoms with Gasteiger partial charge in [-0.25, -0.2) is 4.79 Å². The molecule has 1 aromatic rings. The van der Waals surface area contributed by atoms with Crippen molar-refractivity contribution >= 4 is 11.7 Å². The number of esters is 1. The van der Waals surface area contributed by atoms with Crippen molar-refractivity contribution in [3.05, 3.63) is 33.9 Å². The summed E-state index contributed by atoms with van der Waals surface area (Å²) in [6.45, 7) is 3.37. The predicted octanol–water partition coefficient (Wildman–Crippen LogP) is 2.06. The summed E-state index contributed by atoms with van der Waals surface area (Å²) in [6.07, 6.45) is -0.918. The number of nitro benzene ring substituents is 1. The Morgan fingerprint density at radius 3 is 2.79 bits per heavy atom. The minimum Gasteiger partial charge on any atom is -0.487 e. The van der Waals surface area contributed by atoms with E-state index < -0.39 is 17.0 Å². The molecule has 0 N–H and O–H groups in total. The molecule has 0 aliphatic heterocycles. The Morgan fingerprint density at radius 2 is 2.26 bits per heavy atom. The Labute approximate surface area is 109 Å². The van der Waals surface area contributed by atoms with Gasteiger partial charge < -0.3 is 9.47 Å². The van der Waals surface area contributed by atoms with Crippen LogP contribution in [0.3, 0.4) is 0 Å². The van der Waals surface area contributed by atoms with Gasteiger partial charge in [-0.2, -0.15) is 5.26 Å². The highest BCUT2D eigenvalue weighted by molar-refractivity contribution is 5.90. The van der Waals surface area contributed by atoms with Gasteiger partial charge >= 0.3 is 11.7 Å². The average molecular weight is 264 g/mol. The normalized spacial score (nSPS) is 11.2. The number of carbonyl (C=O) groups excluding carboxylic acids is 1. The zero-order valence-corrected chi connectivity index (χ0v) is 10.5. The van der Waals surface area contributed by atoms with Crippen molar-refractivity contribution in [1.82, 2.24) is 0 Å². The summed E-state index contributed by atoms with van der Waals surface area (Å²) in [6, 6.07) is 5.48. The molecule has 7 heteroatoms. The maximum absolute atomic E-state index is 11.6. The van der Waals surface area contributed by atoms with Crippen LogP contribution in [0.4, 0.5) is 5.69 Å². The first-order valence-corrected chi connectivity index (χ1v) is 5.51. The topological polar surface area (TPSA) is 102 Å². The third-order valence-electron chi connectivity index (χ3n) is 2.16. The molecular formula is C12H12N2O5. The van der Waals surface area contributed by atoms with E-state index in [-0.39, 0.29) is 23.6 Å². The summed E-state index contributed by atoms with van der Waals surface area (Å²) in [5, 5.41) is 19.4. The molecule has 1 aromatic carbocycles. The van der Waals surface area contributed by atoms with Gasteiger partial charge in [0.15, 0.2) is 11.9 Å². The number of hydrogen-bond acceptors (Lipinski definition) is 6. The number of carbonyl (C=O) groups is 1. The molecule has 0 heterocycles. The molecule has 1 rings (SSSR count). The van der Waals surface area contributed by atoms with Gasteiger partial charge in [0, 0.05) is 6.07 Å². The highest BCUT2D eigenvalue weighted by Crippen LogP contribution is 2.28. The van der Waals surface area contributed by atoms with Crippen molar-refractivity contribution in [1.29, 1.82) is 5.26 Å². The standard InChI is InChI=1S/C12H12N2O5/c1-3-18-11-5-4-9(6-10(11)14(16)17)12(15)19-8(2)7-13/h4-6,8H,3H2,1-2H3/t8-/m1/s1. The molecule has 0 saturated carbocycles. The number of benzene rings is 1. The van der Waals surface area contributed by atoms with Crippen LogP contribution in [0.15, 0.2) is 18.2 Å². The average Bonchev–Trinajstić information content (AvgIpc) is 2.38. The zero-order chi connectivity index (χ0) is 14.4. The van der Waals surface area contributed by atoms with E-state index in [0.717, 1.165) is 6.07 Å². The summed E-state index contributed by atoms with van der Waals surface area (Å²) >= 11 is 0. The lowest BCUT2D eigenvalue weighted by Gasteiger charge is -2.08. The smallest absolute Gasteiger partial charge is 0.339 e. The lowest BCUT2D eigenvalue weighted by molar-refractivity contribution is -0.385. The summed E-state index contributed by atoms with van der Waals surface area (Å²) in [5.74, 6) is -0.711. The Kier molecular flexibility index (Phi) is 4.83. The number of nitrogens with zero attached hydrogens (tertiary/aromatic N) is 2. The van der Waals surface area contributed by atoms with Gasteiger partial charge in [0.2, 0.25) is 0 Å².